The Labute approximate surface area is 105 Å². The molecular weight excluding hydrogens is 230 g/mol. The molecule has 0 aliphatic carbocycles. The van der Waals surface area contributed by atoms with E-state index in [-0.39, 0.29) is 0 Å². The summed E-state index contributed by atoms with van der Waals surface area (Å²) < 4.78 is 5.16. The minimum absolute atomic E-state index is 0.362. The highest BCUT2D eigenvalue weighted by Gasteiger charge is 2.13. The molecule has 0 N–H and O–H groups in total. The Bertz CT molecular complexity index is 551. The summed E-state index contributed by atoms with van der Waals surface area (Å²) in [7, 11) is 0. The zero-order valence-corrected chi connectivity index (χ0v) is 10.3. The molecule has 0 amide bonds. The molecule has 0 saturated carbocycles. The van der Waals surface area contributed by atoms with E-state index in [0.29, 0.717) is 23.1 Å². The first kappa shape index (κ1) is 12.0. The molecule has 0 aromatic carbocycles. The number of anilines is 1. The summed E-state index contributed by atoms with van der Waals surface area (Å²) >= 11 is 0. The molecule has 0 unspecified atom stereocenters. The lowest BCUT2D eigenvalue weighted by Crippen LogP contribution is -2.22. The normalized spacial score (nSPS) is 10.1. The highest BCUT2D eigenvalue weighted by atomic mass is 16.5. The zero-order chi connectivity index (χ0) is 13.0. The molecule has 2 heterocycles. The molecule has 6 heteroatoms. The molecule has 6 nitrogen and oxygen atoms in total. The SMILES string of the molecule is CCN(CC)c1noc(-c2ccc(C#N)cn2)n1. The van der Waals surface area contributed by atoms with Crippen LogP contribution in [0.4, 0.5) is 5.95 Å². The van der Waals surface area contributed by atoms with Crippen LogP contribution in [0.1, 0.15) is 19.4 Å². The van der Waals surface area contributed by atoms with Crippen LogP contribution in [0.25, 0.3) is 11.6 Å². The highest BCUT2D eigenvalue weighted by Crippen LogP contribution is 2.18. The minimum atomic E-state index is 0.362. The molecular formula is C12H13N5O. The standard InChI is InChI=1S/C12H13N5O/c1-3-17(4-2)12-15-11(18-16-12)10-6-5-9(7-13)8-14-10/h5-6,8H,3-4H2,1-2H3. The van der Waals surface area contributed by atoms with Crippen molar-refractivity contribution in [2.45, 2.75) is 13.8 Å². The van der Waals surface area contributed by atoms with Gasteiger partial charge in [-0.15, -0.1) is 0 Å². The number of nitrogens with zero attached hydrogens (tertiary/aromatic N) is 5. The fourth-order valence-electron chi connectivity index (χ4n) is 1.54. The van der Waals surface area contributed by atoms with Crippen molar-refractivity contribution in [3.63, 3.8) is 0 Å². The number of aromatic nitrogens is 3. The largest absolute Gasteiger partial charge is 0.339 e. The molecule has 2 aromatic rings. The van der Waals surface area contributed by atoms with Crippen LogP contribution in [0.2, 0.25) is 0 Å². The van der Waals surface area contributed by atoms with Crippen molar-refractivity contribution in [2.75, 3.05) is 18.0 Å². The summed E-state index contributed by atoms with van der Waals surface area (Å²) in [5.74, 6) is 0.919. The first-order valence-corrected chi connectivity index (χ1v) is 5.73. The molecule has 92 valence electrons. The van der Waals surface area contributed by atoms with Crippen molar-refractivity contribution in [1.82, 2.24) is 15.1 Å². The van der Waals surface area contributed by atoms with Crippen LogP contribution in [0.15, 0.2) is 22.9 Å². The van der Waals surface area contributed by atoms with Crippen molar-refractivity contribution in [3.8, 4) is 17.7 Å². The topological polar surface area (TPSA) is 78.8 Å². The third-order valence-corrected chi connectivity index (χ3v) is 2.57. The van der Waals surface area contributed by atoms with Gasteiger partial charge in [0.2, 0.25) is 0 Å². The second-order valence-corrected chi connectivity index (χ2v) is 3.62. The van der Waals surface area contributed by atoms with E-state index in [2.05, 4.69) is 15.1 Å². The van der Waals surface area contributed by atoms with Crippen molar-refractivity contribution >= 4 is 5.95 Å². The molecule has 0 aliphatic rings. The van der Waals surface area contributed by atoms with Crippen LogP contribution in [0, 0.1) is 11.3 Å². The molecule has 0 fully saturated rings. The average molecular weight is 243 g/mol. The lowest BCUT2D eigenvalue weighted by atomic mass is 10.3. The highest BCUT2D eigenvalue weighted by molar-refractivity contribution is 5.50. The van der Waals surface area contributed by atoms with Gasteiger partial charge in [0.25, 0.3) is 11.8 Å². The van der Waals surface area contributed by atoms with Crippen LogP contribution < -0.4 is 4.90 Å². The summed E-state index contributed by atoms with van der Waals surface area (Å²) in [6.45, 7) is 5.69. The smallest absolute Gasteiger partial charge is 0.278 e. The quantitative estimate of drug-likeness (QED) is 0.815. The Morgan fingerprint density at radius 2 is 2.11 bits per heavy atom. The maximum absolute atomic E-state index is 8.69. The lowest BCUT2D eigenvalue weighted by Gasteiger charge is -2.14. The second kappa shape index (κ2) is 5.27. The van der Waals surface area contributed by atoms with Gasteiger partial charge in [0.05, 0.1) is 5.56 Å². The van der Waals surface area contributed by atoms with Gasteiger partial charge in [0.15, 0.2) is 0 Å². The van der Waals surface area contributed by atoms with Gasteiger partial charge < -0.3 is 9.42 Å². The van der Waals surface area contributed by atoms with E-state index in [4.69, 9.17) is 9.78 Å². The molecule has 0 spiro atoms. The van der Waals surface area contributed by atoms with E-state index in [9.17, 15) is 0 Å². The van der Waals surface area contributed by atoms with Gasteiger partial charge in [-0.05, 0) is 31.1 Å². The van der Waals surface area contributed by atoms with E-state index in [1.807, 2.05) is 24.8 Å². The number of rotatable bonds is 4. The fraction of sp³-hybridized carbons (Fsp3) is 0.333. The number of nitriles is 1. The van der Waals surface area contributed by atoms with Gasteiger partial charge in [-0.1, -0.05) is 0 Å². The summed E-state index contributed by atoms with van der Waals surface area (Å²) in [4.78, 5) is 10.4. The maximum Gasteiger partial charge on any atom is 0.278 e. The van der Waals surface area contributed by atoms with Crippen LogP contribution in [0.3, 0.4) is 0 Å². The lowest BCUT2D eigenvalue weighted by molar-refractivity contribution is 0.428. The van der Waals surface area contributed by atoms with Gasteiger partial charge in [0, 0.05) is 19.3 Å². The maximum atomic E-state index is 8.69. The van der Waals surface area contributed by atoms with E-state index in [1.54, 1.807) is 12.1 Å². The molecule has 2 aromatic heterocycles. The molecule has 0 radical (unpaired) electrons. The Balaban J connectivity index is 2.26. The zero-order valence-electron chi connectivity index (χ0n) is 10.3. The predicted octanol–water partition coefficient (Wildman–Crippen LogP) is 1.85. The summed E-state index contributed by atoms with van der Waals surface area (Å²) in [6.07, 6.45) is 1.48. The van der Waals surface area contributed by atoms with Gasteiger partial charge in [-0.3, -0.25) is 0 Å². The minimum Gasteiger partial charge on any atom is -0.339 e. The van der Waals surface area contributed by atoms with Gasteiger partial charge in [-0.25, -0.2) is 4.98 Å². The molecule has 0 bridgehead atoms. The number of hydrogen-bond acceptors (Lipinski definition) is 6. The Kier molecular flexibility index (Phi) is 3.53. The predicted molar refractivity (Wildman–Crippen MR) is 65.8 cm³/mol. The van der Waals surface area contributed by atoms with Crippen molar-refractivity contribution in [2.24, 2.45) is 0 Å². The van der Waals surface area contributed by atoms with E-state index in [1.165, 1.54) is 6.20 Å². The molecule has 2 rings (SSSR count). The monoisotopic (exact) mass is 243 g/mol. The number of hydrogen-bond donors (Lipinski definition) is 0. The first-order valence-electron chi connectivity index (χ1n) is 5.73. The molecule has 0 aliphatic heterocycles. The van der Waals surface area contributed by atoms with Crippen molar-refractivity contribution < 1.29 is 4.52 Å². The van der Waals surface area contributed by atoms with Crippen LogP contribution in [0.5, 0.6) is 0 Å². The van der Waals surface area contributed by atoms with E-state index >= 15 is 0 Å². The third-order valence-electron chi connectivity index (χ3n) is 2.57. The van der Waals surface area contributed by atoms with Gasteiger partial charge >= 0.3 is 0 Å². The van der Waals surface area contributed by atoms with Gasteiger partial charge in [-0.2, -0.15) is 10.2 Å². The molecule has 0 saturated heterocycles. The van der Waals surface area contributed by atoms with E-state index in [0.717, 1.165) is 13.1 Å². The molecule has 0 atom stereocenters. The summed E-state index contributed by atoms with van der Waals surface area (Å²) in [5, 5.41) is 12.6. The number of pyridine rings is 1. The van der Waals surface area contributed by atoms with Crippen molar-refractivity contribution in [3.05, 3.63) is 23.9 Å². The summed E-state index contributed by atoms with van der Waals surface area (Å²) in [5.41, 5.74) is 1.07. The summed E-state index contributed by atoms with van der Waals surface area (Å²) in [6, 6.07) is 5.37. The second-order valence-electron chi connectivity index (χ2n) is 3.62. The third kappa shape index (κ3) is 2.30. The Hall–Kier alpha value is -2.42. The first-order chi connectivity index (χ1) is 8.78. The van der Waals surface area contributed by atoms with E-state index < -0.39 is 0 Å². The Morgan fingerprint density at radius 1 is 1.33 bits per heavy atom. The average Bonchev–Trinajstić information content (AvgIpc) is 2.90. The fourth-order valence-corrected chi connectivity index (χ4v) is 1.54. The van der Waals surface area contributed by atoms with Crippen LogP contribution in [-0.2, 0) is 0 Å². The van der Waals surface area contributed by atoms with Crippen molar-refractivity contribution in [1.29, 1.82) is 5.26 Å². The van der Waals surface area contributed by atoms with Crippen LogP contribution >= 0.6 is 0 Å². The Morgan fingerprint density at radius 3 is 2.67 bits per heavy atom. The molecule has 18 heavy (non-hydrogen) atoms. The van der Waals surface area contributed by atoms with Crippen LogP contribution in [-0.4, -0.2) is 28.2 Å². The van der Waals surface area contributed by atoms with Gasteiger partial charge in [0.1, 0.15) is 11.8 Å².